The first-order valence-corrected chi connectivity index (χ1v) is 19.1. The van der Waals surface area contributed by atoms with Crippen LogP contribution >= 0.6 is 0 Å². The van der Waals surface area contributed by atoms with Gasteiger partial charge in [0.1, 0.15) is 47.7 Å². The zero-order valence-corrected chi connectivity index (χ0v) is 31.5. The lowest BCUT2D eigenvalue weighted by molar-refractivity contribution is -0.136. The number of imide groups is 2. The van der Waals surface area contributed by atoms with E-state index >= 15 is 0 Å². The zero-order chi connectivity index (χ0) is 40.2. The lowest BCUT2D eigenvalue weighted by atomic mass is 10.0. The lowest BCUT2D eigenvalue weighted by Gasteiger charge is -2.32. The first kappa shape index (κ1) is 38.2. The third-order valence-electron chi connectivity index (χ3n) is 10.3. The second-order valence-corrected chi connectivity index (χ2v) is 14.2. The predicted molar refractivity (Wildman–Crippen MR) is 209 cm³/mol. The van der Waals surface area contributed by atoms with Gasteiger partial charge in [-0.2, -0.15) is 5.10 Å². The summed E-state index contributed by atoms with van der Waals surface area (Å²) in [5, 5.41) is 10.8. The molecular weight excluding hydrogens is 747 g/mol. The van der Waals surface area contributed by atoms with Crippen LogP contribution in [-0.4, -0.2) is 111 Å². The average Bonchev–Trinajstić information content (AvgIpc) is 3.74. The van der Waals surface area contributed by atoms with E-state index < -0.39 is 29.7 Å². The van der Waals surface area contributed by atoms with E-state index in [0.29, 0.717) is 34.8 Å². The second kappa shape index (κ2) is 16.8. The maximum absolute atomic E-state index is 13.3. The minimum atomic E-state index is -1.07. The topological polar surface area (TPSA) is 213 Å². The fourth-order valence-electron chi connectivity index (χ4n) is 7.57. The number of ether oxygens (including phenoxy) is 3. The summed E-state index contributed by atoms with van der Waals surface area (Å²) in [6.07, 6.45) is 3.25. The summed E-state index contributed by atoms with van der Waals surface area (Å²) in [5.74, 6) is -0.548. The number of carbonyl (C=O) groups excluding carboxylic acids is 5. The van der Waals surface area contributed by atoms with E-state index in [1.54, 1.807) is 12.1 Å². The van der Waals surface area contributed by atoms with Gasteiger partial charge in [-0.1, -0.05) is 24.3 Å². The number of hydrogen-bond acceptors (Lipinski definition) is 13. The van der Waals surface area contributed by atoms with Crippen molar-refractivity contribution in [1.29, 1.82) is 0 Å². The Hall–Kier alpha value is -6.72. The van der Waals surface area contributed by atoms with Gasteiger partial charge in [-0.15, -0.1) is 0 Å². The van der Waals surface area contributed by atoms with Crippen LogP contribution in [0.4, 0.5) is 5.82 Å². The van der Waals surface area contributed by atoms with Crippen LogP contribution in [0.3, 0.4) is 0 Å². The SMILES string of the molecule is Nc1ncnc2c1c(-c1ccc(Oc3ccccc3)cc1)nn2[C@@H]1CCCN(CC(=O)NCCOCCOc2cccc3c2C(=O)N(C2CCC(=O)NC2=O)C3=O)C1. The molecule has 0 spiro atoms. The Labute approximate surface area is 332 Å². The second-order valence-electron chi connectivity index (χ2n) is 14.2. The third kappa shape index (κ3) is 7.94. The first-order valence-electron chi connectivity index (χ1n) is 19.1. The van der Waals surface area contributed by atoms with Crippen LogP contribution in [0.25, 0.3) is 22.3 Å². The number of benzene rings is 3. The number of fused-ring (bicyclic) bond motifs is 2. The Morgan fingerprint density at radius 2 is 1.71 bits per heavy atom. The molecule has 0 saturated carbocycles. The summed E-state index contributed by atoms with van der Waals surface area (Å²) in [6, 6.07) is 20.8. The number of hydrogen-bond donors (Lipinski definition) is 3. The van der Waals surface area contributed by atoms with Crippen molar-refractivity contribution in [1.82, 2.24) is 40.2 Å². The molecule has 0 aliphatic carbocycles. The molecule has 2 atom stereocenters. The van der Waals surface area contributed by atoms with Crippen LogP contribution in [0.1, 0.15) is 52.4 Å². The summed E-state index contributed by atoms with van der Waals surface area (Å²) < 4.78 is 19.3. The van der Waals surface area contributed by atoms with Gasteiger partial charge in [-0.25, -0.2) is 14.6 Å². The summed E-state index contributed by atoms with van der Waals surface area (Å²) in [4.78, 5) is 75.1. The molecule has 3 aliphatic rings. The average molecular weight is 788 g/mol. The van der Waals surface area contributed by atoms with E-state index in [1.807, 2.05) is 59.3 Å². The minimum Gasteiger partial charge on any atom is -0.490 e. The molecule has 3 aliphatic heterocycles. The molecule has 3 aromatic carbocycles. The molecule has 2 saturated heterocycles. The molecule has 5 amide bonds. The largest absolute Gasteiger partial charge is 0.490 e. The van der Waals surface area contributed by atoms with E-state index in [4.69, 9.17) is 25.0 Å². The number of piperidine rings is 2. The highest BCUT2D eigenvalue weighted by molar-refractivity contribution is 6.24. The number of nitrogen functional groups attached to an aromatic ring is 1. The lowest BCUT2D eigenvalue weighted by Crippen LogP contribution is -2.54. The van der Waals surface area contributed by atoms with Crippen molar-refractivity contribution in [3.8, 4) is 28.5 Å². The molecule has 0 bridgehead atoms. The molecular formula is C41H41N9O8. The molecule has 5 heterocycles. The Kier molecular flexibility index (Phi) is 11.0. The molecule has 8 rings (SSSR count). The number of likely N-dealkylation sites (tertiary alicyclic amines) is 1. The van der Waals surface area contributed by atoms with Gasteiger partial charge in [0, 0.05) is 25.1 Å². The van der Waals surface area contributed by atoms with Gasteiger partial charge in [-0.05, 0) is 74.3 Å². The molecule has 17 heteroatoms. The first-order chi connectivity index (χ1) is 28.2. The van der Waals surface area contributed by atoms with Crippen molar-refractivity contribution in [2.75, 3.05) is 51.7 Å². The highest BCUT2D eigenvalue weighted by Gasteiger charge is 2.46. The van der Waals surface area contributed by atoms with Gasteiger partial charge in [-0.3, -0.25) is 39.1 Å². The van der Waals surface area contributed by atoms with Gasteiger partial charge in [0.2, 0.25) is 17.7 Å². The summed E-state index contributed by atoms with van der Waals surface area (Å²) in [5.41, 5.74) is 8.75. The summed E-state index contributed by atoms with van der Waals surface area (Å²) in [7, 11) is 0. The number of amides is 5. The standard InChI is InChI=1S/C41H41N9O8/c42-37-35-36(25-11-13-28(14-12-25)58-27-7-2-1-3-8-27)47-50(38(35)45-24-44-37)26-6-5-18-48(22-26)23-33(52)43-17-19-56-20-21-57-31-10-4-9-29-34(31)41(55)49(40(29)54)30-15-16-32(51)46-39(30)53/h1-4,7-14,24,26,30H,5-6,15-23H2,(H,43,52)(H2,42,44,45)(H,46,51,53)/t26-,30?/m1/s1. The van der Waals surface area contributed by atoms with E-state index in [-0.39, 0.29) is 74.6 Å². The van der Waals surface area contributed by atoms with Gasteiger partial charge in [0.15, 0.2) is 5.65 Å². The van der Waals surface area contributed by atoms with Gasteiger partial charge >= 0.3 is 0 Å². The van der Waals surface area contributed by atoms with Gasteiger partial charge in [0.05, 0.1) is 42.3 Å². The van der Waals surface area contributed by atoms with Crippen molar-refractivity contribution >= 4 is 46.4 Å². The summed E-state index contributed by atoms with van der Waals surface area (Å²) >= 11 is 0. The van der Waals surface area contributed by atoms with Crippen LogP contribution in [0, 0.1) is 0 Å². The number of nitrogens with one attached hydrogen (secondary N) is 2. The number of nitrogens with two attached hydrogens (primary N) is 1. The predicted octanol–water partition coefficient (Wildman–Crippen LogP) is 3.12. The van der Waals surface area contributed by atoms with Crippen molar-refractivity contribution in [2.45, 2.75) is 37.8 Å². The quantitative estimate of drug-likeness (QED) is 0.109. The van der Waals surface area contributed by atoms with Crippen LogP contribution in [0.5, 0.6) is 17.2 Å². The number of nitrogens with zero attached hydrogens (tertiary/aromatic N) is 6. The molecule has 298 valence electrons. The van der Waals surface area contributed by atoms with E-state index in [9.17, 15) is 24.0 Å². The highest BCUT2D eigenvalue weighted by Crippen LogP contribution is 2.36. The third-order valence-corrected chi connectivity index (χ3v) is 10.3. The number of para-hydroxylation sites is 1. The Balaban J connectivity index is 0.806. The normalized spacial score (nSPS) is 18.3. The van der Waals surface area contributed by atoms with Crippen LogP contribution in [-0.2, 0) is 19.1 Å². The minimum absolute atomic E-state index is 0.0325. The van der Waals surface area contributed by atoms with Crippen LogP contribution in [0.2, 0.25) is 0 Å². The highest BCUT2D eigenvalue weighted by atomic mass is 16.5. The number of carbonyl (C=O) groups is 5. The molecule has 0 radical (unpaired) electrons. The number of rotatable bonds is 14. The maximum Gasteiger partial charge on any atom is 0.266 e. The molecule has 58 heavy (non-hydrogen) atoms. The Morgan fingerprint density at radius 1 is 0.897 bits per heavy atom. The molecule has 4 N–H and O–H groups in total. The van der Waals surface area contributed by atoms with E-state index in [0.717, 1.165) is 35.6 Å². The summed E-state index contributed by atoms with van der Waals surface area (Å²) in [6.45, 7) is 2.30. The Morgan fingerprint density at radius 3 is 2.52 bits per heavy atom. The fourth-order valence-corrected chi connectivity index (χ4v) is 7.57. The Bertz CT molecular complexity index is 2370. The maximum atomic E-state index is 13.3. The van der Waals surface area contributed by atoms with E-state index in [1.165, 1.54) is 12.4 Å². The monoisotopic (exact) mass is 787 g/mol. The van der Waals surface area contributed by atoms with Crippen molar-refractivity contribution in [2.24, 2.45) is 0 Å². The fraction of sp³-hybridized carbons (Fsp3) is 0.317. The van der Waals surface area contributed by atoms with Gasteiger partial charge < -0.3 is 25.3 Å². The van der Waals surface area contributed by atoms with Crippen molar-refractivity contribution in [3.05, 3.63) is 90.3 Å². The molecule has 2 fully saturated rings. The van der Waals surface area contributed by atoms with Crippen LogP contribution < -0.4 is 25.8 Å². The molecule has 17 nitrogen and oxygen atoms in total. The smallest absolute Gasteiger partial charge is 0.266 e. The number of aromatic nitrogens is 4. The molecule has 5 aromatic rings. The van der Waals surface area contributed by atoms with Gasteiger partial charge in [0.25, 0.3) is 11.8 Å². The zero-order valence-electron chi connectivity index (χ0n) is 31.5. The molecule has 1 unspecified atom stereocenters. The number of anilines is 1. The van der Waals surface area contributed by atoms with Crippen molar-refractivity contribution < 1.29 is 38.2 Å². The molecule has 2 aromatic heterocycles. The van der Waals surface area contributed by atoms with Crippen LogP contribution in [0.15, 0.2) is 79.1 Å². The van der Waals surface area contributed by atoms with E-state index in [2.05, 4.69) is 25.5 Å². The van der Waals surface area contributed by atoms with Crippen molar-refractivity contribution in [3.63, 3.8) is 0 Å².